The van der Waals surface area contributed by atoms with Gasteiger partial charge in [0.05, 0.1) is 5.60 Å². The summed E-state index contributed by atoms with van der Waals surface area (Å²) in [7, 11) is 0. The molecule has 1 unspecified atom stereocenters. The third kappa shape index (κ3) is 4.52. The van der Waals surface area contributed by atoms with Gasteiger partial charge in [0, 0.05) is 6.61 Å². The lowest BCUT2D eigenvalue weighted by atomic mass is 9.87. The normalized spacial score (nSPS) is 29.0. The molecule has 0 saturated carbocycles. The van der Waals surface area contributed by atoms with E-state index >= 15 is 0 Å². The van der Waals surface area contributed by atoms with Crippen LogP contribution >= 0.6 is 0 Å². The Labute approximate surface area is 94.8 Å². The van der Waals surface area contributed by atoms with Crippen LogP contribution in [0.1, 0.15) is 47.0 Å². The van der Waals surface area contributed by atoms with Gasteiger partial charge in [0.1, 0.15) is 0 Å². The molecular formula is C13H27NO. The smallest absolute Gasteiger partial charge is 0.0710 e. The molecule has 0 bridgehead atoms. The number of piperidine rings is 1. The van der Waals surface area contributed by atoms with Gasteiger partial charge in [0.25, 0.3) is 0 Å². The summed E-state index contributed by atoms with van der Waals surface area (Å²) in [5, 5.41) is 3.37. The SMILES string of the molecule is CC(C)C.CC1COC2(CCNCC2)C1. The van der Waals surface area contributed by atoms with Gasteiger partial charge in [0.15, 0.2) is 0 Å². The van der Waals surface area contributed by atoms with Crippen LogP contribution in [0, 0.1) is 11.8 Å². The van der Waals surface area contributed by atoms with Crippen LogP contribution < -0.4 is 5.32 Å². The highest BCUT2D eigenvalue weighted by Gasteiger charge is 2.39. The minimum absolute atomic E-state index is 0.282. The highest BCUT2D eigenvalue weighted by molar-refractivity contribution is 4.91. The maximum Gasteiger partial charge on any atom is 0.0710 e. The van der Waals surface area contributed by atoms with E-state index in [1.54, 1.807) is 0 Å². The Bertz CT molecular complexity index is 165. The zero-order chi connectivity index (χ0) is 11.3. The molecule has 0 amide bonds. The molecule has 0 aromatic heterocycles. The average molecular weight is 213 g/mol. The summed E-state index contributed by atoms with van der Waals surface area (Å²) in [6.45, 7) is 12.1. The Morgan fingerprint density at radius 3 is 2.13 bits per heavy atom. The van der Waals surface area contributed by atoms with Crippen molar-refractivity contribution in [2.45, 2.75) is 52.6 Å². The van der Waals surface area contributed by atoms with Crippen LogP contribution in [-0.2, 0) is 4.74 Å². The van der Waals surface area contributed by atoms with Gasteiger partial charge in [-0.2, -0.15) is 0 Å². The molecule has 0 aromatic rings. The average Bonchev–Trinajstić information content (AvgIpc) is 2.48. The summed E-state index contributed by atoms with van der Waals surface area (Å²) in [5.74, 6) is 1.62. The minimum atomic E-state index is 0.282. The van der Waals surface area contributed by atoms with Gasteiger partial charge in [-0.25, -0.2) is 0 Å². The van der Waals surface area contributed by atoms with Gasteiger partial charge in [0.2, 0.25) is 0 Å². The second kappa shape index (κ2) is 5.86. The number of hydrogen-bond acceptors (Lipinski definition) is 2. The van der Waals surface area contributed by atoms with Crippen molar-refractivity contribution < 1.29 is 4.74 Å². The van der Waals surface area contributed by atoms with Gasteiger partial charge < -0.3 is 10.1 Å². The topological polar surface area (TPSA) is 21.3 Å². The van der Waals surface area contributed by atoms with E-state index in [9.17, 15) is 0 Å². The lowest BCUT2D eigenvalue weighted by Crippen LogP contribution is -2.41. The van der Waals surface area contributed by atoms with Gasteiger partial charge in [-0.15, -0.1) is 0 Å². The molecular weight excluding hydrogens is 186 g/mol. The number of rotatable bonds is 0. The second-order valence-corrected chi connectivity index (χ2v) is 5.79. The van der Waals surface area contributed by atoms with Crippen molar-refractivity contribution in [2.24, 2.45) is 11.8 Å². The van der Waals surface area contributed by atoms with E-state index in [0.717, 1.165) is 31.5 Å². The van der Waals surface area contributed by atoms with Gasteiger partial charge in [-0.3, -0.25) is 0 Å². The molecule has 1 atom stereocenters. The Morgan fingerprint density at radius 1 is 1.20 bits per heavy atom. The largest absolute Gasteiger partial charge is 0.375 e. The van der Waals surface area contributed by atoms with Crippen LogP contribution in [0.2, 0.25) is 0 Å². The van der Waals surface area contributed by atoms with Crippen molar-refractivity contribution in [3.63, 3.8) is 0 Å². The van der Waals surface area contributed by atoms with Crippen LogP contribution in [0.15, 0.2) is 0 Å². The fraction of sp³-hybridized carbons (Fsp3) is 1.00. The molecule has 1 spiro atoms. The van der Waals surface area contributed by atoms with Crippen LogP contribution in [0.4, 0.5) is 0 Å². The molecule has 2 saturated heterocycles. The van der Waals surface area contributed by atoms with Crippen molar-refractivity contribution in [1.82, 2.24) is 5.32 Å². The van der Waals surface area contributed by atoms with E-state index in [4.69, 9.17) is 4.74 Å². The maximum atomic E-state index is 5.85. The first-order valence-electron chi connectivity index (χ1n) is 6.39. The first kappa shape index (κ1) is 13.0. The minimum Gasteiger partial charge on any atom is -0.375 e. The second-order valence-electron chi connectivity index (χ2n) is 5.79. The molecule has 1 N–H and O–H groups in total. The van der Waals surface area contributed by atoms with E-state index in [-0.39, 0.29) is 5.60 Å². The van der Waals surface area contributed by atoms with E-state index < -0.39 is 0 Å². The molecule has 0 radical (unpaired) electrons. The van der Waals surface area contributed by atoms with Crippen molar-refractivity contribution in [3.8, 4) is 0 Å². The zero-order valence-electron chi connectivity index (χ0n) is 10.8. The molecule has 2 rings (SSSR count). The van der Waals surface area contributed by atoms with Crippen LogP contribution in [0.25, 0.3) is 0 Å². The van der Waals surface area contributed by atoms with Crippen molar-refractivity contribution in [1.29, 1.82) is 0 Å². The number of hydrogen-bond donors (Lipinski definition) is 1. The first-order valence-corrected chi connectivity index (χ1v) is 6.39. The molecule has 15 heavy (non-hydrogen) atoms. The van der Waals surface area contributed by atoms with E-state index in [1.807, 2.05) is 0 Å². The third-order valence-electron chi connectivity index (χ3n) is 2.91. The number of nitrogens with one attached hydrogen (secondary N) is 1. The summed E-state index contributed by atoms with van der Waals surface area (Å²) in [6.07, 6.45) is 3.73. The maximum absolute atomic E-state index is 5.85. The highest BCUT2D eigenvalue weighted by Crippen LogP contribution is 2.36. The lowest BCUT2D eigenvalue weighted by Gasteiger charge is -2.32. The van der Waals surface area contributed by atoms with Crippen molar-refractivity contribution in [2.75, 3.05) is 19.7 Å². The molecule has 2 nitrogen and oxygen atoms in total. The molecule has 2 fully saturated rings. The van der Waals surface area contributed by atoms with E-state index in [1.165, 1.54) is 19.3 Å². The van der Waals surface area contributed by atoms with Gasteiger partial charge in [-0.1, -0.05) is 27.7 Å². The highest BCUT2D eigenvalue weighted by atomic mass is 16.5. The van der Waals surface area contributed by atoms with E-state index in [0.29, 0.717) is 0 Å². The van der Waals surface area contributed by atoms with Gasteiger partial charge in [-0.05, 0) is 44.2 Å². The zero-order valence-corrected chi connectivity index (χ0v) is 10.8. The molecule has 2 aliphatic heterocycles. The summed E-state index contributed by atoms with van der Waals surface area (Å²) in [5.41, 5.74) is 0.282. The Kier molecular flexibility index (Phi) is 5.07. The fourth-order valence-electron chi connectivity index (χ4n) is 2.30. The van der Waals surface area contributed by atoms with Crippen molar-refractivity contribution in [3.05, 3.63) is 0 Å². The Balaban J connectivity index is 0.000000245. The number of ether oxygens (including phenoxy) is 1. The molecule has 90 valence electrons. The summed E-state index contributed by atoms with van der Waals surface area (Å²) in [6, 6.07) is 0. The molecule has 0 aromatic carbocycles. The van der Waals surface area contributed by atoms with Crippen LogP contribution in [-0.4, -0.2) is 25.3 Å². The standard InChI is InChI=1S/C9H17NO.C4H10/c1-8-6-9(11-7-8)2-4-10-5-3-9;1-4(2)3/h8,10H,2-7H2,1H3;4H,1-3H3. The molecule has 2 heteroatoms. The Morgan fingerprint density at radius 2 is 1.73 bits per heavy atom. The van der Waals surface area contributed by atoms with Crippen LogP contribution in [0.5, 0.6) is 0 Å². The predicted octanol–water partition coefficient (Wildman–Crippen LogP) is 2.83. The monoisotopic (exact) mass is 213 g/mol. The molecule has 2 aliphatic rings. The first-order chi connectivity index (χ1) is 7.04. The predicted molar refractivity (Wildman–Crippen MR) is 65.1 cm³/mol. The van der Waals surface area contributed by atoms with Crippen molar-refractivity contribution >= 4 is 0 Å². The Hall–Kier alpha value is -0.0800. The van der Waals surface area contributed by atoms with Crippen LogP contribution in [0.3, 0.4) is 0 Å². The quantitative estimate of drug-likeness (QED) is 0.668. The third-order valence-corrected chi connectivity index (χ3v) is 2.91. The van der Waals surface area contributed by atoms with E-state index in [2.05, 4.69) is 33.0 Å². The summed E-state index contributed by atoms with van der Waals surface area (Å²) >= 11 is 0. The summed E-state index contributed by atoms with van der Waals surface area (Å²) in [4.78, 5) is 0. The summed E-state index contributed by atoms with van der Waals surface area (Å²) < 4.78 is 5.85. The molecule has 2 heterocycles. The fourth-order valence-corrected chi connectivity index (χ4v) is 2.30. The van der Waals surface area contributed by atoms with Gasteiger partial charge >= 0.3 is 0 Å². The lowest BCUT2D eigenvalue weighted by molar-refractivity contribution is -0.0195. The molecule has 0 aliphatic carbocycles.